The van der Waals surface area contributed by atoms with Crippen LogP contribution in [-0.4, -0.2) is 16.8 Å². The first-order chi connectivity index (χ1) is 13.9. The Morgan fingerprint density at radius 1 is 1.14 bits per heavy atom. The topological polar surface area (TPSA) is 71.1 Å². The number of amides is 2. The second-order valence-corrected chi connectivity index (χ2v) is 7.98. The SMILES string of the molecule is CCc1ccc(-c2nc(C)c(C(=O)NC(C)c3cccc(NC(C)=O)c3)s2)cc1. The van der Waals surface area contributed by atoms with Crippen molar-refractivity contribution in [2.75, 3.05) is 5.32 Å². The van der Waals surface area contributed by atoms with Crippen molar-refractivity contribution in [2.24, 2.45) is 0 Å². The van der Waals surface area contributed by atoms with E-state index in [1.165, 1.54) is 23.8 Å². The van der Waals surface area contributed by atoms with E-state index in [1.807, 2.05) is 38.1 Å². The van der Waals surface area contributed by atoms with Crippen LogP contribution in [0.2, 0.25) is 0 Å². The Balaban J connectivity index is 1.75. The summed E-state index contributed by atoms with van der Waals surface area (Å²) in [4.78, 5) is 29.3. The van der Waals surface area contributed by atoms with Crippen LogP contribution in [0.1, 0.15) is 53.3 Å². The Morgan fingerprint density at radius 2 is 1.86 bits per heavy atom. The lowest BCUT2D eigenvalue weighted by Crippen LogP contribution is -2.26. The number of nitrogens with one attached hydrogen (secondary N) is 2. The van der Waals surface area contributed by atoms with E-state index in [0.29, 0.717) is 10.6 Å². The largest absolute Gasteiger partial charge is 0.345 e. The third-order valence-corrected chi connectivity index (χ3v) is 5.87. The van der Waals surface area contributed by atoms with Crippen molar-refractivity contribution in [3.63, 3.8) is 0 Å². The molecule has 0 bridgehead atoms. The molecule has 3 rings (SSSR count). The van der Waals surface area contributed by atoms with Gasteiger partial charge in [-0.05, 0) is 43.5 Å². The molecule has 0 spiro atoms. The molecule has 2 aromatic carbocycles. The van der Waals surface area contributed by atoms with Gasteiger partial charge in [-0.2, -0.15) is 0 Å². The van der Waals surface area contributed by atoms with Gasteiger partial charge in [0.05, 0.1) is 11.7 Å². The van der Waals surface area contributed by atoms with E-state index in [1.54, 1.807) is 0 Å². The number of thiazole rings is 1. The molecule has 29 heavy (non-hydrogen) atoms. The van der Waals surface area contributed by atoms with E-state index >= 15 is 0 Å². The molecule has 5 nitrogen and oxygen atoms in total. The molecule has 0 radical (unpaired) electrons. The maximum absolute atomic E-state index is 12.8. The van der Waals surface area contributed by atoms with Crippen molar-refractivity contribution in [2.45, 2.75) is 40.2 Å². The molecule has 150 valence electrons. The summed E-state index contributed by atoms with van der Waals surface area (Å²) < 4.78 is 0. The van der Waals surface area contributed by atoms with E-state index in [2.05, 4.69) is 46.8 Å². The zero-order valence-electron chi connectivity index (χ0n) is 17.1. The summed E-state index contributed by atoms with van der Waals surface area (Å²) in [6, 6.07) is 15.6. The predicted molar refractivity (Wildman–Crippen MR) is 118 cm³/mol. The highest BCUT2D eigenvalue weighted by molar-refractivity contribution is 7.17. The molecule has 0 aliphatic heterocycles. The maximum atomic E-state index is 12.8. The quantitative estimate of drug-likeness (QED) is 0.595. The number of carbonyl (C=O) groups excluding carboxylic acids is 2. The van der Waals surface area contributed by atoms with Crippen LogP contribution in [0.4, 0.5) is 5.69 Å². The Hall–Kier alpha value is -2.99. The van der Waals surface area contributed by atoms with Crippen molar-refractivity contribution in [1.82, 2.24) is 10.3 Å². The van der Waals surface area contributed by atoms with Gasteiger partial charge in [-0.1, -0.05) is 43.3 Å². The second kappa shape index (κ2) is 9.01. The van der Waals surface area contributed by atoms with Gasteiger partial charge in [0.15, 0.2) is 0 Å². The molecule has 0 saturated carbocycles. The van der Waals surface area contributed by atoms with E-state index in [9.17, 15) is 9.59 Å². The van der Waals surface area contributed by atoms with Gasteiger partial charge in [-0.3, -0.25) is 9.59 Å². The minimum Gasteiger partial charge on any atom is -0.345 e. The van der Waals surface area contributed by atoms with E-state index in [4.69, 9.17) is 0 Å². The number of aromatic nitrogens is 1. The Bertz CT molecular complexity index is 1020. The first-order valence-electron chi connectivity index (χ1n) is 9.62. The smallest absolute Gasteiger partial charge is 0.263 e. The summed E-state index contributed by atoms with van der Waals surface area (Å²) in [6.07, 6.45) is 0.992. The first kappa shape index (κ1) is 20.7. The minimum atomic E-state index is -0.204. The van der Waals surface area contributed by atoms with Gasteiger partial charge in [0.2, 0.25) is 5.91 Å². The van der Waals surface area contributed by atoms with Crippen molar-refractivity contribution in [3.05, 3.63) is 70.2 Å². The standard InChI is InChI=1S/C23H25N3O2S/c1-5-17-9-11-18(12-10-17)23-25-15(3)21(29-23)22(28)24-14(2)19-7-6-8-20(13-19)26-16(4)27/h6-14H,5H2,1-4H3,(H,24,28)(H,26,27). The van der Waals surface area contributed by atoms with Crippen molar-refractivity contribution < 1.29 is 9.59 Å². The van der Waals surface area contributed by atoms with E-state index < -0.39 is 0 Å². The molecular weight excluding hydrogens is 382 g/mol. The van der Waals surface area contributed by atoms with Gasteiger partial charge in [0, 0.05) is 18.2 Å². The molecule has 0 fully saturated rings. The van der Waals surface area contributed by atoms with E-state index in [0.717, 1.165) is 28.2 Å². The fourth-order valence-electron chi connectivity index (χ4n) is 3.05. The second-order valence-electron chi connectivity index (χ2n) is 6.99. The van der Waals surface area contributed by atoms with Crippen LogP contribution in [0.3, 0.4) is 0 Å². The molecule has 6 heteroatoms. The molecule has 2 amide bonds. The number of carbonyl (C=O) groups is 2. The summed E-state index contributed by atoms with van der Waals surface area (Å²) in [7, 11) is 0. The third kappa shape index (κ3) is 5.09. The summed E-state index contributed by atoms with van der Waals surface area (Å²) in [5.41, 5.74) is 4.65. The van der Waals surface area contributed by atoms with Crippen LogP contribution in [0.15, 0.2) is 48.5 Å². The number of benzene rings is 2. The highest BCUT2D eigenvalue weighted by atomic mass is 32.1. The maximum Gasteiger partial charge on any atom is 0.263 e. The number of aryl methyl sites for hydroxylation is 2. The highest BCUT2D eigenvalue weighted by Gasteiger charge is 2.18. The Labute approximate surface area is 175 Å². The molecule has 1 unspecified atom stereocenters. The monoisotopic (exact) mass is 407 g/mol. The molecule has 3 aromatic rings. The van der Waals surface area contributed by atoms with Crippen LogP contribution in [0.5, 0.6) is 0 Å². The van der Waals surface area contributed by atoms with Gasteiger partial charge in [-0.25, -0.2) is 4.98 Å². The molecule has 1 atom stereocenters. The number of hydrogen-bond acceptors (Lipinski definition) is 4. The van der Waals surface area contributed by atoms with Crippen LogP contribution in [-0.2, 0) is 11.2 Å². The van der Waals surface area contributed by atoms with Crippen LogP contribution >= 0.6 is 11.3 Å². The normalized spacial score (nSPS) is 11.7. The zero-order chi connectivity index (χ0) is 21.0. The lowest BCUT2D eigenvalue weighted by Gasteiger charge is -2.15. The van der Waals surface area contributed by atoms with Gasteiger partial charge in [-0.15, -0.1) is 11.3 Å². The summed E-state index contributed by atoms with van der Waals surface area (Å²) in [5, 5.41) is 6.64. The Morgan fingerprint density at radius 3 is 2.52 bits per heavy atom. The molecule has 1 aromatic heterocycles. The fourth-order valence-corrected chi connectivity index (χ4v) is 4.02. The summed E-state index contributed by atoms with van der Waals surface area (Å²) in [5.74, 6) is -0.271. The van der Waals surface area contributed by atoms with Gasteiger partial charge in [0.25, 0.3) is 5.91 Å². The molecule has 0 aliphatic carbocycles. The molecular formula is C23H25N3O2S. The molecule has 2 N–H and O–H groups in total. The van der Waals surface area contributed by atoms with Gasteiger partial charge < -0.3 is 10.6 Å². The van der Waals surface area contributed by atoms with Gasteiger partial charge >= 0.3 is 0 Å². The number of nitrogens with zero attached hydrogens (tertiary/aromatic N) is 1. The first-order valence-corrected chi connectivity index (χ1v) is 10.4. The van der Waals surface area contributed by atoms with Crippen molar-refractivity contribution in [1.29, 1.82) is 0 Å². The lowest BCUT2D eigenvalue weighted by molar-refractivity contribution is -0.114. The number of rotatable bonds is 6. The zero-order valence-corrected chi connectivity index (χ0v) is 17.9. The van der Waals surface area contributed by atoms with Crippen LogP contribution in [0, 0.1) is 6.92 Å². The summed E-state index contributed by atoms with van der Waals surface area (Å²) in [6.45, 7) is 7.37. The van der Waals surface area contributed by atoms with Crippen molar-refractivity contribution in [3.8, 4) is 10.6 Å². The minimum absolute atomic E-state index is 0.126. The van der Waals surface area contributed by atoms with Crippen LogP contribution < -0.4 is 10.6 Å². The Kier molecular flexibility index (Phi) is 6.44. The molecule has 0 saturated heterocycles. The highest BCUT2D eigenvalue weighted by Crippen LogP contribution is 2.29. The lowest BCUT2D eigenvalue weighted by atomic mass is 10.1. The molecule has 0 aliphatic rings. The summed E-state index contributed by atoms with van der Waals surface area (Å²) >= 11 is 1.40. The predicted octanol–water partition coefficient (Wildman–Crippen LogP) is 5.13. The average molecular weight is 408 g/mol. The number of anilines is 1. The van der Waals surface area contributed by atoms with E-state index in [-0.39, 0.29) is 17.9 Å². The van der Waals surface area contributed by atoms with Crippen molar-refractivity contribution >= 4 is 28.8 Å². The number of hydrogen-bond donors (Lipinski definition) is 2. The fraction of sp³-hybridized carbons (Fsp3) is 0.261. The molecule has 1 heterocycles. The van der Waals surface area contributed by atoms with Crippen LogP contribution in [0.25, 0.3) is 10.6 Å². The third-order valence-electron chi connectivity index (χ3n) is 4.67. The average Bonchev–Trinajstić information content (AvgIpc) is 3.09. The van der Waals surface area contributed by atoms with Gasteiger partial charge in [0.1, 0.15) is 9.88 Å².